The fourth-order valence-corrected chi connectivity index (χ4v) is 2.87. The molecule has 18 heavy (non-hydrogen) atoms. The van der Waals surface area contributed by atoms with Gasteiger partial charge >= 0.3 is 0 Å². The molecule has 4 nitrogen and oxygen atoms in total. The minimum absolute atomic E-state index is 0.156. The Bertz CT molecular complexity index is 425. The van der Waals surface area contributed by atoms with Gasteiger partial charge < -0.3 is 4.74 Å². The zero-order chi connectivity index (χ0) is 13.1. The highest BCUT2D eigenvalue weighted by Crippen LogP contribution is 2.33. The summed E-state index contributed by atoms with van der Waals surface area (Å²) in [5, 5.41) is 4.25. The van der Waals surface area contributed by atoms with Crippen LogP contribution >= 0.6 is 0 Å². The van der Waals surface area contributed by atoms with Crippen molar-refractivity contribution in [3.8, 4) is 5.88 Å². The fraction of sp³-hybridized carbons (Fsp3) is 0.714. The van der Waals surface area contributed by atoms with Crippen LogP contribution in [0.25, 0.3) is 0 Å². The van der Waals surface area contributed by atoms with Gasteiger partial charge in [-0.25, -0.2) is 4.68 Å². The maximum Gasteiger partial charge on any atom is 0.211 e. The molecule has 100 valence electrons. The monoisotopic (exact) mass is 250 g/mol. The summed E-state index contributed by atoms with van der Waals surface area (Å²) in [5.41, 5.74) is 0.552. The topological polar surface area (TPSA) is 44.1 Å². The van der Waals surface area contributed by atoms with E-state index in [9.17, 15) is 4.79 Å². The molecule has 1 aromatic rings. The first-order chi connectivity index (χ1) is 8.65. The van der Waals surface area contributed by atoms with Crippen molar-refractivity contribution in [1.82, 2.24) is 9.78 Å². The first-order valence-corrected chi connectivity index (χ1v) is 6.78. The normalized spacial score (nSPS) is 23.9. The van der Waals surface area contributed by atoms with Crippen molar-refractivity contribution in [2.24, 2.45) is 18.9 Å². The van der Waals surface area contributed by atoms with E-state index in [1.54, 1.807) is 24.9 Å². The van der Waals surface area contributed by atoms with Gasteiger partial charge in [-0.2, -0.15) is 5.10 Å². The van der Waals surface area contributed by atoms with Crippen LogP contribution in [-0.2, 0) is 7.05 Å². The van der Waals surface area contributed by atoms with E-state index in [2.05, 4.69) is 12.0 Å². The number of hydrogen-bond acceptors (Lipinski definition) is 3. The van der Waals surface area contributed by atoms with E-state index in [1.165, 1.54) is 19.3 Å². The van der Waals surface area contributed by atoms with Gasteiger partial charge in [0, 0.05) is 19.0 Å². The Morgan fingerprint density at radius 3 is 2.94 bits per heavy atom. The van der Waals surface area contributed by atoms with Gasteiger partial charge in [-0.3, -0.25) is 4.79 Å². The molecule has 0 amide bonds. The van der Waals surface area contributed by atoms with E-state index in [4.69, 9.17) is 4.74 Å². The zero-order valence-corrected chi connectivity index (χ0v) is 11.5. The number of ether oxygens (including phenoxy) is 1. The standard InChI is InChI=1S/C14H22N2O2/c1-4-10-6-5-7-11(8-10)14(17)12-9-13(18-3)16(2)15-12/h9-11H,4-8H2,1-3H3. The van der Waals surface area contributed by atoms with Crippen molar-refractivity contribution in [1.29, 1.82) is 0 Å². The summed E-state index contributed by atoms with van der Waals surface area (Å²) in [4.78, 5) is 12.4. The molecule has 1 heterocycles. The van der Waals surface area contributed by atoms with Gasteiger partial charge in [0.05, 0.1) is 7.11 Å². The minimum atomic E-state index is 0.156. The van der Waals surface area contributed by atoms with Crippen molar-refractivity contribution in [3.63, 3.8) is 0 Å². The molecule has 1 aliphatic carbocycles. The second-order valence-corrected chi connectivity index (χ2v) is 5.20. The lowest BCUT2D eigenvalue weighted by molar-refractivity contribution is 0.0856. The molecule has 1 aromatic heterocycles. The van der Waals surface area contributed by atoms with Crippen LogP contribution in [0.3, 0.4) is 0 Å². The quantitative estimate of drug-likeness (QED) is 0.772. The number of hydrogen-bond donors (Lipinski definition) is 0. The second-order valence-electron chi connectivity index (χ2n) is 5.20. The number of aryl methyl sites for hydroxylation is 1. The van der Waals surface area contributed by atoms with Crippen molar-refractivity contribution >= 4 is 5.78 Å². The minimum Gasteiger partial charge on any atom is -0.481 e. The Hall–Kier alpha value is -1.32. The molecule has 0 bridgehead atoms. The lowest BCUT2D eigenvalue weighted by atomic mass is 9.78. The average molecular weight is 250 g/mol. The SMILES string of the molecule is CCC1CCCC(C(=O)c2cc(OC)n(C)n2)C1. The van der Waals surface area contributed by atoms with Crippen LogP contribution in [0.1, 0.15) is 49.5 Å². The molecule has 0 radical (unpaired) electrons. The molecule has 4 heteroatoms. The van der Waals surface area contributed by atoms with Gasteiger partial charge in [-0.1, -0.05) is 26.2 Å². The van der Waals surface area contributed by atoms with Gasteiger partial charge in [-0.15, -0.1) is 0 Å². The van der Waals surface area contributed by atoms with E-state index in [0.29, 0.717) is 17.5 Å². The Morgan fingerprint density at radius 1 is 1.56 bits per heavy atom. The number of rotatable bonds is 4. The highest BCUT2D eigenvalue weighted by Gasteiger charge is 2.28. The van der Waals surface area contributed by atoms with Crippen molar-refractivity contribution in [2.75, 3.05) is 7.11 Å². The first kappa shape index (κ1) is 13.1. The van der Waals surface area contributed by atoms with Gasteiger partial charge in [0.1, 0.15) is 5.69 Å². The maximum absolute atomic E-state index is 12.4. The van der Waals surface area contributed by atoms with Gasteiger partial charge in [-0.05, 0) is 18.8 Å². The molecule has 1 saturated carbocycles. The predicted octanol–water partition coefficient (Wildman–Crippen LogP) is 2.83. The van der Waals surface area contributed by atoms with Gasteiger partial charge in [0.2, 0.25) is 5.88 Å². The Labute approximate surface area is 108 Å². The molecular formula is C14H22N2O2. The molecule has 2 rings (SSSR count). The number of carbonyl (C=O) groups excluding carboxylic acids is 1. The third-order valence-electron chi connectivity index (χ3n) is 4.03. The van der Waals surface area contributed by atoms with Crippen molar-refractivity contribution in [2.45, 2.75) is 39.0 Å². The summed E-state index contributed by atoms with van der Waals surface area (Å²) < 4.78 is 6.77. The van der Waals surface area contributed by atoms with E-state index >= 15 is 0 Å². The second kappa shape index (κ2) is 5.55. The summed E-state index contributed by atoms with van der Waals surface area (Å²) in [6.45, 7) is 2.21. The molecule has 1 fully saturated rings. The molecular weight excluding hydrogens is 228 g/mol. The molecule has 0 aliphatic heterocycles. The number of Topliss-reactive ketones (excluding diaryl/α,β-unsaturated/α-hetero) is 1. The van der Waals surface area contributed by atoms with Crippen LogP contribution in [0.2, 0.25) is 0 Å². The summed E-state index contributed by atoms with van der Waals surface area (Å²) in [5.74, 6) is 1.69. The molecule has 0 spiro atoms. The van der Waals surface area contributed by atoms with Crippen LogP contribution in [0.4, 0.5) is 0 Å². The largest absolute Gasteiger partial charge is 0.481 e. The molecule has 0 aromatic carbocycles. The summed E-state index contributed by atoms with van der Waals surface area (Å²) in [7, 11) is 3.39. The molecule has 2 unspecified atom stereocenters. The smallest absolute Gasteiger partial charge is 0.211 e. The number of nitrogens with zero attached hydrogens (tertiary/aromatic N) is 2. The third-order valence-corrected chi connectivity index (χ3v) is 4.03. The highest BCUT2D eigenvalue weighted by atomic mass is 16.5. The number of carbonyl (C=O) groups is 1. The van der Waals surface area contributed by atoms with Gasteiger partial charge in [0.25, 0.3) is 0 Å². The van der Waals surface area contributed by atoms with Gasteiger partial charge in [0.15, 0.2) is 5.78 Å². The van der Waals surface area contributed by atoms with E-state index in [0.717, 1.165) is 12.8 Å². The highest BCUT2D eigenvalue weighted by molar-refractivity contribution is 5.96. The zero-order valence-electron chi connectivity index (χ0n) is 11.5. The number of ketones is 1. The van der Waals surface area contributed by atoms with Crippen LogP contribution in [0.15, 0.2) is 6.07 Å². The van der Waals surface area contributed by atoms with E-state index < -0.39 is 0 Å². The number of methoxy groups -OCH3 is 1. The van der Waals surface area contributed by atoms with E-state index in [1.807, 2.05) is 0 Å². The lowest BCUT2D eigenvalue weighted by Gasteiger charge is -2.26. The van der Waals surface area contributed by atoms with Crippen molar-refractivity contribution < 1.29 is 9.53 Å². The fourth-order valence-electron chi connectivity index (χ4n) is 2.87. The third kappa shape index (κ3) is 2.57. The van der Waals surface area contributed by atoms with Crippen LogP contribution < -0.4 is 4.74 Å². The molecule has 2 atom stereocenters. The van der Waals surface area contributed by atoms with E-state index in [-0.39, 0.29) is 11.7 Å². The van der Waals surface area contributed by atoms with Crippen molar-refractivity contribution in [3.05, 3.63) is 11.8 Å². The van der Waals surface area contributed by atoms with Crippen LogP contribution in [0.5, 0.6) is 5.88 Å². The maximum atomic E-state index is 12.4. The van der Waals surface area contributed by atoms with Crippen LogP contribution in [0, 0.1) is 11.8 Å². The summed E-state index contributed by atoms with van der Waals surface area (Å²) in [6, 6.07) is 1.75. The summed E-state index contributed by atoms with van der Waals surface area (Å²) in [6.07, 6.45) is 5.64. The summed E-state index contributed by atoms with van der Waals surface area (Å²) >= 11 is 0. The lowest BCUT2D eigenvalue weighted by Crippen LogP contribution is -2.23. The Morgan fingerprint density at radius 2 is 2.33 bits per heavy atom. The Kier molecular flexibility index (Phi) is 4.04. The molecule has 1 aliphatic rings. The average Bonchev–Trinajstić information content (AvgIpc) is 2.79. The predicted molar refractivity (Wildman–Crippen MR) is 69.8 cm³/mol. The Balaban J connectivity index is 2.10. The first-order valence-electron chi connectivity index (χ1n) is 6.78. The number of aromatic nitrogens is 2. The molecule has 0 N–H and O–H groups in total. The van der Waals surface area contributed by atoms with Crippen LogP contribution in [-0.4, -0.2) is 22.7 Å². The molecule has 0 saturated heterocycles.